The summed E-state index contributed by atoms with van der Waals surface area (Å²) in [4.78, 5) is 14.6. The third kappa shape index (κ3) is 4.79. The van der Waals surface area contributed by atoms with Crippen molar-refractivity contribution in [2.45, 2.75) is 77.3 Å². The molecule has 0 bridgehead atoms. The number of unbranched alkanes of at least 4 members (excludes halogenated alkanes) is 1. The lowest BCUT2D eigenvalue weighted by molar-refractivity contribution is -0.137. The maximum atomic E-state index is 12.5. The number of carbonyl (C=O) groups excluding carboxylic acids is 1. The van der Waals surface area contributed by atoms with E-state index in [0.29, 0.717) is 18.0 Å². The van der Waals surface area contributed by atoms with Crippen LogP contribution in [0.25, 0.3) is 0 Å². The number of nitrogens with one attached hydrogen (secondary N) is 1. The Bertz CT molecular complexity index is 259. The van der Waals surface area contributed by atoms with Gasteiger partial charge in [0, 0.05) is 25.0 Å². The van der Waals surface area contributed by atoms with Crippen molar-refractivity contribution in [1.82, 2.24) is 10.2 Å². The van der Waals surface area contributed by atoms with E-state index in [1.807, 2.05) is 14.1 Å². The molecule has 3 heteroatoms. The van der Waals surface area contributed by atoms with Crippen LogP contribution < -0.4 is 5.32 Å². The summed E-state index contributed by atoms with van der Waals surface area (Å²) in [6.07, 6.45) is 9.09. The van der Waals surface area contributed by atoms with E-state index < -0.39 is 0 Å². The van der Waals surface area contributed by atoms with E-state index in [-0.39, 0.29) is 5.92 Å². The van der Waals surface area contributed by atoms with Gasteiger partial charge in [0.05, 0.1) is 0 Å². The lowest BCUT2D eigenvalue weighted by Gasteiger charge is -2.36. The Labute approximate surface area is 119 Å². The fourth-order valence-corrected chi connectivity index (χ4v) is 3.17. The van der Waals surface area contributed by atoms with Gasteiger partial charge in [-0.05, 0) is 45.6 Å². The lowest BCUT2D eigenvalue weighted by Crippen LogP contribution is -2.44. The molecule has 19 heavy (non-hydrogen) atoms. The fourth-order valence-electron chi connectivity index (χ4n) is 3.17. The first-order valence-corrected chi connectivity index (χ1v) is 8.07. The second-order valence-electron chi connectivity index (χ2n) is 5.99. The van der Waals surface area contributed by atoms with Crippen LogP contribution in [0.15, 0.2) is 0 Å². The molecule has 1 aliphatic rings. The normalized spacial score (nSPS) is 25.1. The Morgan fingerprint density at radius 3 is 2.37 bits per heavy atom. The second kappa shape index (κ2) is 8.57. The number of amides is 1. The van der Waals surface area contributed by atoms with Crippen molar-refractivity contribution >= 4 is 5.91 Å². The first-order chi connectivity index (χ1) is 9.13. The zero-order chi connectivity index (χ0) is 14.3. The monoisotopic (exact) mass is 268 g/mol. The Kier molecular flexibility index (Phi) is 7.44. The van der Waals surface area contributed by atoms with Crippen LogP contribution in [0.1, 0.15) is 65.2 Å². The predicted octanol–water partition coefficient (Wildman–Crippen LogP) is 3.19. The zero-order valence-electron chi connectivity index (χ0n) is 13.2. The molecule has 0 aromatic heterocycles. The highest BCUT2D eigenvalue weighted by Crippen LogP contribution is 2.25. The number of carbonyl (C=O) groups is 1. The van der Waals surface area contributed by atoms with Gasteiger partial charge >= 0.3 is 0 Å². The first-order valence-electron chi connectivity index (χ1n) is 8.07. The van der Waals surface area contributed by atoms with Gasteiger partial charge in [0.1, 0.15) is 0 Å². The summed E-state index contributed by atoms with van der Waals surface area (Å²) in [5.74, 6) is 0.621. The smallest absolute Gasteiger partial charge is 0.225 e. The Balaban J connectivity index is 2.46. The van der Waals surface area contributed by atoms with Gasteiger partial charge < -0.3 is 10.2 Å². The quantitative estimate of drug-likeness (QED) is 0.769. The number of rotatable bonds is 7. The summed E-state index contributed by atoms with van der Waals surface area (Å²) in [6.45, 7) is 4.34. The fraction of sp³-hybridized carbons (Fsp3) is 0.938. The lowest BCUT2D eigenvalue weighted by atomic mass is 9.89. The molecule has 1 amide bonds. The minimum atomic E-state index is 0.243. The van der Waals surface area contributed by atoms with Gasteiger partial charge in [-0.2, -0.15) is 0 Å². The Morgan fingerprint density at radius 2 is 1.89 bits per heavy atom. The third-order valence-corrected chi connectivity index (χ3v) is 4.75. The van der Waals surface area contributed by atoms with Crippen molar-refractivity contribution in [3.8, 4) is 0 Å². The number of hydrogen-bond acceptors (Lipinski definition) is 2. The number of nitrogens with zero attached hydrogens (tertiary/aromatic N) is 1. The van der Waals surface area contributed by atoms with Crippen LogP contribution in [-0.4, -0.2) is 37.0 Å². The van der Waals surface area contributed by atoms with E-state index in [0.717, 1.165) is 25.7 Å². The first kappa shape index (κ1) is 16.5. The number of hydrogen-bond donors (Lipinski definition) is 1. The molecule has 0 aliphatic heterocycles. The summed E-state index contributed by atoms with van der Waals surface area (Å²) in [7, 11) is 4.05. The van der Waals surface area contributed by atoms with Gasteiger partial charge in [-0.1, -0.05) is 26.7 Å². The third-order valence-electron chi connectivity index (χ3n) is 4.75. The molecule has 1 N–H and O–H groups in total. The molecular formula is C16H32N2O. The van der Waals surface area contributed by atoms with Crippen LogP contribution in [-0.2, 0) is 4.79 Å². The molecule has 0 aromatic carbocycles. The standard InChI is InChI=1S/C16H32N2O/c1-5-7-8-13(6-2)16(19)18(4)15-11-9-14(17-3)10-12-15/h13-15,17H,5-12H2,1-4H3. The molecular weight excluding hydrogens is 236 g/mol. The average molecular weight is 268 g/mol. The molecule has 1 rings (SSSR count). The minimum Gasteiger partial charge on any atom is -0.343 e. The van der Waals surface area contributed by atoms with Crippen molar-refractivity contribution in [3.63, 3.8) is 0 Å². The molecule has 0 saturated heterocycles. The zero-order valence-corrected chi connectivity index (χ0v) is 13.2. The summed E-state index contributed by atoms with van der Waals surface area (Å²) in [6, 6.07) is 1.12. The Hall–Kier alpha value is -0.570. The SMILES string of the molecule is CCCCC(CC)C(=O)N(C)C1CCC(NC)CC1. The maximum absolute atomic E-state index is 12.5. The predicted molar refractivity (Wildman–Crippen MR) is 81.2 cm³/mol. The van der Waals surface area contributed by atoms with Crippen LogP contribution in [0.4, 0.5) is 0 Å². The molecule has 0 heterocycles. The molecule has 0 spiro atoms. The Morgan fingerprint density at radius 1 is 1.26 bits per heavy atom. The van der Waals surface area contributed by atoms with Crippen LogP contribution in [0.3, 0.4) is 0 Å². The van der Waals surface area contributed by atoms with E-state index >= 15 is 0 Å². The highest BCUT2D eigenvalue weighted by Gasteiger charge is 2.28. The van der Waals surface area contributed by atoms with Crippen molar-refractivity contribution < 1.29 is 4.79 Å². The minimum absolute atomic E-state index is 0.243. The van der Waals surface area contributed by atoms with E-state index in [2.05, 4.69) is 24.1 Å². The molecule has 112 valence electrons. The highest BCUT2D eigenvalue weighted by atomic mass is 16.2. The van der Waals surface area contributed by atoms with Crippen molar-refractivity contribution in [3.05, 3.63) is 0 Å². The molecule has 1 fully saturated rings. The molecule has 0 aromatic rings. The van der Waals surface area contributed by atoms with E-state index in [4.69, 9.17) is 0 Å². The van der Waals surface area contributed by atoms with Crippen LogP contribution in [0.2, 0.25) is 0 Å². The summed E-state index contributed by atoms with van der Waals surface area (Å²) in [5.41, 5.74) is 0. The molecule has 3 nitrogen and oxygen atoms in total. The van der Waals surface area contributed by atoms with Crippen molar-refractivity contribution in [2.24, 2.45) is 5.92 Å². The average Bonchev–Trinajstić information content (AvgIpc) is 2.47. The highest BCUT2D eigenvalue weighted by molar-refractivity contribution is 5.78. The molecule has 1 atom stereocenters. The summed E-state index contributed by atoms with van der Waals surface area (Å²) < 4.78 is 0. The van der Waals surface area contributed by atoms with Crippen LogP contribution in [0.5, 0.6) is 0 Å². The van der Waals surface area contributed by atoms with E-state index in [1.54, 1.807) is 0 Å². The van der Waals surface area contributed by atoms with E-state index in [9.17, 15) is 4.79 Å². The van der Waals surface area contributed by atoms with Gasteiger partial charge in [0.2, 0.25) is 5.91 Å². The van der Waals surface area contributed by atoms with Gasteiger partial charge in [0.25, 0.3) is 0 Å². The van der Waals surface area contributed by atoms with Crippen LogP contribution in [0, 0.1) is 5.92 Å². The molecule has 1 aliphatic carbocycles. The van der Waals surface area contributed by atoms with Crippen molar-refractivity contribution in [2.75, 3.05) is 14.1 Å². The molecule has 0 radical (unpaired) electrons. The van der Waals surface area contributed by atoms with E-state index in [1.165, 1.54) is 25.7 Å². The summed E-state index contributed by atoms with van der Waals surface area (Å²) in [5, 5.41) is 3.35. The van der Waals surface area contributed by atoms with Gasteiger partial charge in [-0.15, -0.1) is 0 Å². The second-order valence-corrected chi connectivity index (χ2v) is 5.99. The van der Waals surface area contributed by atoms with Crippen LogP contribution >= 0.6 is 0 Å². The van der Waals surface area contributed by atoms with Gasteiger partial charge in [0.15, 0.2) is 0 Å². The molecule has 1 saturated carbocycles. The largest absolute Gasteiger partial charge is 0.343 e. The van der Waals surface area contributed by atoms with Crippen molar-refractivity contribution in [1.29, 1.82) is 0 Å². The van der Waals surface area contributed by atoms with Gasteiger partial charge in [-0.25, -0.2) is 0 Å². The van der Waals surface area contributed by atoms with Gasteiger partial charge in [-0.3, -0.25) is 4.79 Å². The topological polar surface area (TPSA) is 32.3 Å². The summed E-state index contributed by atoms with van der Waals surface area (Å²) >= 11 is 0. The maximum Gasteiger partial charge on any atom is 0.225 e. The molecule has 1 unspecified atom stereocenters.